The lowest BCUT2D eigenvalue weighted by Gasteiger charge is -2.45. The number of likely N-dealkylation sites (tertiary alicyclic amines) is 1. The number of amides is 1. The van der Waals surface area contributed by atoms with Crippen LogP contribution >= 0.6 is 0 Å². The van der Waals surface area contributed by atoms with Crippen molar-refractivity contribution in [3.05, 3.63) is 35.6 Å². The van der Waals surface area contributed by atoms with Crippen LogP contribution in [0.4, 0.5) is 4.39 Å². The molecule has 2 heterocycles. The molecule has 4 nitrogen and oxygen atoms in total. The summed E-state index contributed by atoms with van der Waals surface area (Å²) < 4.78 is 19.3. The van der Waals surface area contributed by atoms with Crippen molar-refractivity contribution in [3.63, 3.8) is 0 Å². The molecule has 1 amide bonds. The Labute approximate surface area is 136 Å². The van der Waals surface area contributed by atoms with E-state index in [0.717, 1.165) is 50.9 Å². The molecule has 0 aromatic heterocycles. The second-order valence-corrected chi connectivity index (χ2v) is 7.18. The molecular weight excluding hydrogens is 295 g/mol. The van der Waals surface area contributed by atoms with Crippen LogP contribution in [0, 0.1) is 11.7 Å². The summed E-state index contributed by atoms with van der Waals surface area (Å²) in [5, 5.41) is 3.36. The van der Waals surface area contributed by atoms with E-state index >= 15 is 0 Å². The Balaban J connectivity index is 1.31. The molecule has 23 heavy (non-hydrogen) atoms. The summed E-state index contributed by atoms with van der Waals surface area (Å²) in [4.78, 5) is 14.6. The molecule has 0 atom stereocenters. The molecule has 0 bridgehead atoms. The van der Waals surface area contributed by atoms with E-state index in [1.54, 1.807) is 6.07 Å². The normalized spacial score (nSPS) is 31.3. The summed E-state index contributed by atoms with van der Waals surface area (Å²) in [6.45, 7) is 2.82. The van der Waals surface area contributed by atoms with Gasteiger partial charge in [0.05, 0.1) is 13.3 Å². The van der Waals surface area contributed by atoms with Crippen LogP contribution in [0.3, 0.4) is 0 Å². The van der Waals surface area contributed by atoms with Crippen LogP contribution in [0.5, 0.6) is 0 Å². The SMILES string of the molecule is O=C([C@H]1C[C@]2(COCN2)C1)N1CCC(c2ccccc2F)CC1. The van der Waals surface area contributed by atoms with Crippen LogP contribution in [-0.2, 0) is 9.53 Å². The number of hydrogen-bond acceptors (Lipinski definition) is 3. The first-order valence-electron chi connectivity index (χ1n) is 8.53. The summed E-state index contributed by atoms with van der Waals surface area (Å²) in [5.74, 6) is 0.522. The summed E-state index contributed by atoms with van der Waals surface area (Å²) in [6, 6.07) is 7.02. The van der Waals surface area contributed by atoms with Gasteiger partial charge in [-0.15, -0.1) is 0 Å². The van der Waals surface area contributed by atoms with Crippen molar-refractivity contribution < 1.29 is 13.9 Å². The number of nitrogens with one attached hydrogen (secondary N) is 1. The highest BCUT2D eigenvalue weighted by Crippen LogP contribution is 2.41. The highest BCUT2D eigenvalue weighted by atomic mass is 19.1. The quantitative estimate of drug-likeness (QED) is 0.909. The first-order chi connectivity index (χ1) is 11.2. The van der Waals surface area contributed by atoms with Gasteiger partial charge in [0, 0.05) is 24.5 Å². The third-order valence-electron chi connectivity index (χ3n) is 5.70. The lowest BCUT2D eigenvalue weighted by Crippen LogP contribution is -2.58. The van der Waals surface area contributed by atoms with Gasteiger partial charge in [-0.05, 0) is 43.2 Å². The fourth-order valence-corrected chi connectivity index (χ4v) is 4.30. The van der Waals surface area contributed by atoms with Crippen molar-refractivity contribution in [1.82, 2.24) is 10.2 Å². The van der Waals surface area contributed by atoms with Crippen LogP contribution in [0.1, 0.15) is 37.2 Å². The average Bonchev–Trinajstić information content (AvgIpc) is 3.04. The standard InChI is InChI=1S/C18H23FN2O2/c19-16-4-2-1-3-15(16)13-5-7-21(8-6-13)17(22)14-9-18(10-14)11-23-12-20-18/h1-4,13-14,20H,5-12H2/t14-,18+. The second kappa shape index (κ2) is 5.87. The van der Waals surface area contributed by atoms with Crippen molar-refractivity contribution in [3.8, 4) is 0 Å². The Hall–Kier alpha value is -1.46. The number of carbonyl (C=O) groups excluding carboxylic acids is 1. The number of halogens is 1. The summed E-state index contributed by atoms with van der Waals surface area (Å²) in [7, 11) is 0. The first kappa shape index (κ1) is 15.1. The van der Waals surface area contributed by atoms with Gasteiger partial charge < -0.3 is 9.64 Å². The zero-order valence-electron chi connectivity index (χ0n) is 13.3. The number of piperidine rings is 1. The van der Waals surface area contributed by atoms with Crippen molar-refractivity contribution in [1.29, 1.82) is 0 Å². The van der Waals surface area contributed by atoms with Gasteiger partial charge >= 0.3 is 0 Å². The van der Waals surface area contributed by atoms with Gasteiger partial charge in [0.25, 0.3) is 0 Å². The molecule has 0 unspecified atom stereocenters. The molecule has 4 rings (SSSR count). The molecule has 2 aliphatic heterocycles. The molecule has 2 saturated heterocycles. The van der Waals surface area contributed by atoms with Gasteiger partial charge in [0.2, 0.25) is 5.91 Å². The second-order valence-electron chi connectivity index (χ2n) is 7.18. The number of hydrogen-bond donors (Lipinski definition) is 1. The fraction of sp³-hybridized carbons (Fsp3) is 0.611. The van der Waals surface area contributed by atoms with E-state index in [2.05, 4.69) is 5.32 Å². The molecule has 3 aliphatic rings. The lowest BCUT2D eigenvalue weighted by atomic mass is 9.68. The van der Waals surface area contributed by atoms with Crippen LogP contribution in [0.2, 0.25) is 0 Å². The highest BCUT2D eigenvalue weighted by molar-refractivity contribution is 5.80. The molecule has 0 radical (unpaired) electrons. The van der Waals surface area contributed by atoms with Crippen LogP contribution < -0.4 is 5.32 Å². The first-order valence-corrected chi connectivity index (χ1v) is 8.53. The Morgan fingerprint density at radius 2 is 2.00 bits per heavy atom. The third kappa shape index (κ3) is 2.76. The monoisotopic (exact) mass is 318 g/mol. The summed E-state index contributed by atoms with van der Waals surface area (Å²) in [6.07, 6.45) is 3.48. The Kier molecular flexibility index (Phi) is 3.85. The van der Waals surface area contributed by atoms with Gasteiger partial charge in [-0.25, -0.2) is 4.39 Å². The van der Waals surface area contributed by atoms with E-state index in [9.17, 15) is 9.18 Å². The molecule has 124 valence electrons. The van der Waals surface area contributed by atoms with Crippen LogP contribution in [0.15, 0.2) is 24.3 Å². The maximum absolute atomic E-state index is 13.9. The zero-order chi connectivity index (χ0) is 15.9. The number of carbonyl (C=O) groups is 1. The third-order valence-corrected chi connectivity index (χ3v) is 5.70. The lowest BCUT2D eigenvalue weighted by molar-refractivity contribution is -0.142. The summed E-state index contributed by atoms with van der Waals surface area (Å²) in [5.41, 5.74) is 0.862. The van der Waals surface area contributed by atoms with E-state index in [4.69, 9.17) is 4.74 Å². The minimum Gasteiger partial charge on any atom is -0.364 e. The van der Waals surface area contributed by atoms with E-state index in [1.807, 2.05) is 17.0 Å². The maximum Gasteiger partial charge on any atom is 0.225 e. The minimum absolute atomic E-state index is 0.0613. The molecule has 1 aromatic carbocycles. The zero-order valence-corrected chi connectivity index (χ0v) is 13.3. The molecule has 1 N–H and O–H groups in total. The van der Waals surface area contributed by atoms with E-state index < -0.39 is 0 Å². The molecule has 1 aromatic rings. The van der Waals surface area contributed by atoms with Gasteiger partial charge in [0.1, 0.15) is 5.82 Å². The van der Waals surface area contributed by atoms with Crippen LogP contribution in [-0.4, -0.2) is 42.8 Å². The molecular formula is C18H23FN2O2. The molecule has 1 spiro atoms. The Morgan fingerprint density at radius 3 is 2.65 bits per heavy atom. The average molecular weight is 318 g/mol. The van der Waals surface area contributed by atoms with Gasteiger partial charge in [-0.2, -0.15) is 0 Å². The maximum atomic E-state index is 13.9. The number of ether oxygens (including phenoxy) is 1. The van der Waals surface area contributed by atoms with Crippen molar-refractivity contribution >= 4 is 5.91 Å². The molecule has 1 aliphatic carbocycles. The van der Waals surface area contributed by atoms with Crippen molar-refractivity contribution in [2.45, 2.75) is 37.1 Å². The Bertz CT molecular complexity index is 584. The van der Waals surface area contributed by atoms with E-state index in [-0.39, 0.29) is 29.1 Å². The highest BCUT2D eigenvalue weighted by Gasteiger charge is 2.50. The largest absolute Gasteiger partial charge is 0.364 e. The Morgan fingerprint density at radius 1 is 1.26 bits per heavy atom. The smallest absolute Gasteiger partial charge is 0.225 e. The predicted octanol–water partition coefficient (Wildman–Crippen LogP) is 2.26. The topological polar surface area (TPSA) is 41.6 Å². The number of benzene rings is 1. The van der Waals surface area contributed by atoms with E-state index in [1.165, 1.54) is 6.07 Å². The van der Waals surface area contributed by atoms with E-state index in [0.29, 0.717) is 6.73 Å². The van der Waals surface area contributed by atoms with Crippen molar-refractivity contribution in [2.75, 3.05) is 26.4 Å². The van der Waals surface area contributed by atoms with Crippen molar-refractivity contribution in [2.24, 2.45) is 5.92 Å². The number of rotatable bonds is 2. The molecule has 5 heteroatoms. The van der Waals surface area contributed by atoms with Gasteiger partial charge in [-0.1, -0.05) is 18.2 Å². The summed E-state index contributed by atoms with van der Waals surface area (Å²) >= 11 is 0. The minimum atomic E-state index is -0.120. The predicted molar refractivity (Wildman–Crippen MR) is 84.4 cm³/mol. The molecule has 1 saturated carbocycles. The van der Waals surface area contributed by atoms with Gasteiger partial charge in [0.15, 0.2) is 0 Å². The fourth-order valence-electron chi connectivity index (χ4n) is 4.30. The van der Waals surface area contributed by atoms with Gasteiger partial charge in [-0.3, -0.25) is 10.1 Å². The number of nitrogens with zero attached hydrogens (tertiary/aromatic N) is 1. The van der Waals surface area contributed by atoms with Crippen LogP contribution in [0.25, 0.3) is 0 Å². The molecule has 3 fully saturated rings.